The number of nitrogens with zero attached hydrogens (tertiary/aromatic N) is 3. The number of rotatable bonds is 18. The maximum absolute atomic E-state index is 14.9. The zero-order valence-electron chi connectivity index (χ0n) is 40.0. The number of amides is 2. The van der Waals surface area contributed by atoms with Crippen LogP contribution in [0, 0.1) is 17.8 Å². The van der Waals surface area contributed by atoms with Crippen molar-refractivity contribution in [1.82, 2.24) is 20.0 Å². The van der Waals surface area contributed by atoms with Crippen LogP contribution >= 0.6 is 11.6 Å². The molecule has 0 radical (unpaired) electrons. The molecule has 0 aromatic heterocycles. The number of ether oxygens (including phenoxy) is 1. The van der Waals surface area contributed by atoms with Crippen LogP contribution in [0.1, 0.15) is 86.8 Å². The van der Waals surface area contributed by atoms with E-state index in [0.29, 0.717) is 77.5 Å². The number of benzene rings is 4. The Morgan fingerprint density at radius 3 is 2.22 bits per heavy atom. The molecule has 4 aromatic rings. The average molecular weight is 949 g/mol. The Morgan fingerprint density at radius 1 is 0.882 bits per heavy atom. The first kappa shape index (κ1) is 51.7. The number of hydrogen-bond donors (Lipinski definition) is 3. The van der Waals surface area contributed by atoms with Crippen LogP contribution in [0.3, 0.4) is 0 Å². The van der Waals surface area contributed by atoms with Crippen LogP contribution in [-0.2, 0) is 30.4 Å². The van der Waals surface area contributed by atoms with Crippen molar-refractivity contribution in [2.24, 2.45) is 23.5 Å². The molecule has 68 heavy (non-hydrogen) atoms. The SMILES string of the molecule is CC(=O)[C@H](C)CC(=O)[C@@H]1Cc2ccc(O)c(c2)-c2cc(ccc2OCCN2CCN(C)CC2)[C@H](N(C)C(=O)[C@H](CCCCN)CC(=O)c2ccc(-c3ccc(Cl)cc3)cc2)C(=O)C[C@@H](C)C(=O)N1. The highest BCUT2D eigenvalue weighted by Crippen LogP contribution is 2.40. The van der Waals surface area contributed by atoms with Crippen molar-refractivity contribution >= 4 is 46.5 Å². The largest absolute Gasteiger partial charge is 0.507 e. The molecule has 1 saturated heterocycles. The summed E-state index contributed by atoms with van der Waals surface area (Å²) in [6.45, 7) is 9.78. The van der Waals surface area contributed by atoms with Gasteiger partial charge >= 0.3 is 0 Å². The Labute approximate surface area is 405 Å². The molecule has 2 aliphatic rings. The first-order chi connectivity index (χ1) is 32.5. The molecule has 362 valence electrons. The molecule has 4 aromatic carbocycles. The van der Waals surface area contributed by atoms with Gasteiger partial charge in [0, 0.05) is 98.5 Å². The molecule has 0 aliphatic carbocycles. The number of fused-ring (bicyclic) bond motifs is 5. The minimum atomic E-state index is -1.22. The number of ketones is 4. The van der Waals surface area contributed by atoms with E-state index in [1.165, 1.54) is 17.9 Å². The van der Waals surface area contributed by atoms with E-state index in [9.17, 15) is 33.9 Å². The quantitative estimate of drug-likeness (QED) is 0.0671. The van der Waals surface area contributed by atoms with E-state index in [2.05, 4.69) is 22.2 Å². The van der Waals surface area contributed by atoms with Gasteiger partial charge in [0.05, 0.1) is 6.04 Å². The summed E-state index contributed by atoms with van der Waals surface area (Å²) in [4.78, 5) is 89.8. The number of carbonyl (C=O) groups excluding carboxylic acids is 6. The lowest BCUT2D eigenvalue weighted by atomic mass is 9.87. The lowest BCUT2D eigenvalue weighted by Crippen LogP contribution is -2.46. The minimum absolute atomic E-state index is 0.0685. The number of phenols is 1. The van der Waals surface area contributed by atoms with Crippen molar-refractivity contribution in [3.8, 4) is 33.8 Å². The van der Waals surface area contributed by atoms with Crippen LogP contribution in [-0.4, -0.2) is 121 Å². The van der Waals surface area contributed by atoms with Gasteiger partial charge in [-0.05, 0) is 98.4 Å². The van der Waals surface area contributed by atoms with Crippen molar-refractivity contribution < 1.29 is 38.6 Å². The van der Waals surface area contributed by atoms with Gasteiger partial charge in [0.1, 0.15) is 29.9 Å². The number of nitrogens with one attached hydrogen (secondary N) is 1. The van der Waals surface area contributed by atoms with Crippen LogP contribution in [0.5, 0.6) is 11.5 Å². The van der Waals surface area contributed by atoms with Gasteiger partial charge in [-0.25, -0.2) is 0 Å². The number of Topliss-reactive ketones (excluding diaryl/α,β-unsaturated/α-hetero) is 4. The summed E-state index contributed by atoms with van der Waals surface area (Å²) in [5, 5.41) is 15.0. The topological polar surface area (TPSA) is 180 Å². The Hall–Kier alpha value is -5.73. The van der Waals surface area contributed by atoms with Crippen molar-refractivity contribution in [3.05, 3.63) is 107 Å². The lowest BCUT2D eigenvalue weighted by molar-refractivity contribution is -0.142. The van der Waals surface area contributed by atoms with Crippen LogP contribution < -0.4 is 15.8 Å². The third-order valence-electron chi connectivity index (χ3n) is 13.4. The van der Waals surface area contributed by atoms with E-state index in [1.807, 2.05) is 24.3 Å². The van der Waals surface area contributed by atoms with Gasteiger partial charge in [0.15, 0.2) is 17.3 Å². The highest BCUT2D eigenvalue weighted by molar-refractivity contribution is 6.30. The molecule has 2 aliphatic heterocycles. The summed E-state index contributed by atoms with van der Waals surface area (Å²) in [7, 11) is 3.64. The molecule has 1 fully saturated rings. The third kappa shape index (κ3) is 13.5. The van der Waals surface area contributed by atoms with E-state index in [0.717, 1.165) is 37.3 Å². The third-order valence-corrected chi connectivity index (χ3v) is 13.7. The predicted molar refractivity (Wildman–Crippen MR) is 265 cm³/mol. The zero-order chi connectivity index (χ0) is 49.1. The number of phenolic OH excluding ortho intramolecular Hbond substituents is 1. The maximum atomic E-state index is 14.9. The Balaban J connectivity index is 1.37. The van der Waals surface area contributed by atoms with Gasteiger partial charge in [-0.2, -0.15) is 0 Å². The van der Waals surface area contributed by atoms with Crippen LogP contribution in [0.2, 0.25) is 5.02 Å². The second kappa shape index (κ2) is 24.0. The van der Waals surface area contributed by atoms with Gasteiger partial charge in [0.25, 0.3) is 0 Å². The second-order valence-electron chi connectivity index (χ2n) is 18.7. The number of nitrogens with two attached hydrogens (primary N) is 1. The lowest BCUT2D eigenvalue weighted by Gasteiger charge is -2.33. The van der Waals surface area contributed by atoms with Crippen LogP contribution in [0.25, 0.3) is 22.3 Å². The molecule has 4 N–H and O–H groups in total. The molecule has 14 heteroatoms. The van der Waals surface area contributed by atoms with Gasteiger partial charge in [-0.15, -0.1) is 0 Å². The second-order valence-corrected chi connectivity index (χ2v) is 19.1. The minimum Gasteiger partial charge on any atom is -0.507 e. The predicted octanol–water partition coefficient (Wildman–Crippen LogP) is 7.34. The number of piperazine rings is 1. The molecular weight excluding hydrogens is 882 g/mol. The Morgan fingerprint density at radius 2 is 1.56 bits per heavy atom. The summed E-state index contributed by atoms with van der Waals surface area (Å²) in [6.07, 6.45) is 1.13. The monoisotopic (exact) mass is 947 g/mol. The fourth-order valence-corrected chi connectivity index (χ4v) is 9.07. The average Bonchev–Trinajstić information content (AvgIpc) is 3.32. The van der Waals surface area contributed by atoms with Crippen molar-refractivity contribution in [2.45, 2.75) is 77.8 Å². The molecule has 0 spiro atoms. The number of carbonyl (C=O) groups is 6. The van der Waals surface area contributed by atoms with Crippen LogP contribution in [0.4, 0.5) is 0 Å². The molecule has 13 nitrogen and oxygen atoms in total. The van der Waals surface area contributed by atoms with Crippen molar-refractivity contribution in [3.63, 3.8) is 0 Å². The van der Waals surface area contributed by atoms with Crippen molar-refractivity contribution in [2.75, 3.05) is 60.0 Å². The molecule has 6 rings (SSSR count). The summed E-state index contributed by atoms with van der Waals surface area (Å²) in [5.41, 5.74) is 10.1. The van der Waals surface area contributed by atoms with E-state index < -0.39 is 47.4 Å². The number of unbranched alkanes of at least 4 members (excludes halogenated alkanes) is 1. The van der Waals surface area contributed by atoms with Gasteiger partial charge in [-0.1, -0.05) is 80.4 Å². The number of hydrogen-bond acceptors (Lipinski definition) is 11. The smallest absolute Gasteiger partial charge is 0.226 e. The van der Waals surface area contributed by atoms with E-state index in [4.69, 9.17) is 22.1 Å². The van der Waals surface area contributed by atoms with Crippen molar-refractivity contribution in [1.29, 1.82) is 0 Å². The molecule has 0 saturated carbocycles. The molecular formula is C54H66ClN5O8. The molecule has 0 unspecified atom stereocenters. The molecule has 5 atom stereocenters. The number of halogens is 1. The summed E-state index contributed by atoms with van der Waals surface area (Å²) in [5.74, 6) is -4.05. The zero-order valence-corrected chi connectivity index (χ0v) is 40.7. The highest BCUT2D eigenvalue weighted by atomic mass is 35.5. The maximum Gasteiger partial charge on any atom is 0.226 e. The molecule has 4 bridgehead atoms. The fourth-order valence-electron chi connectivity index (χ4n) is 8.95. The van der Waals surface area contributed by atoms with E-state index in [-0.39, 0.29) is 48.8 Å². The van der Waals surface area contributed by atoms with E-state index in [1.54, 1.807) is 75.5 Å². The van der Waals surface area contributed by atoms with Gasteiger partial charge in [0.2, 0.25) is 11.8 Å². The van der Waals surface area contributed by atoms with Gasteiger partial charge < -0.3 is 30.7 Å². The van der Waals surface area contributed by atoms with Gasteiger partial charge in [-0.3, -0.25) is 33.7 Å². The van der Waals surface area contributed by atoms with Crippen LogP contribution in [0.15, 0.2) is 84.9 Å². The molecule has 2 heterocycles. The summed E-state index contributed by atoms with van der Waals surface area (Å²) < 4.78 is 6.48. The highest BCUT2D eigenvalue weighted by Gasteiger charge is 2.36. The summed E-state index contributed by atoms with van der Waals surface area (Å²) >= 11 is 6.10. The van der Waals surface area contributed by atoms with E-state index >= 15 is 0 Å². The summed E-state index contributed by atoms with van der Waals surface area (Å²) in [6, 6.07) is 22.5. The number of likely N-dealkylation sites (N-methyl/N-ethyl adjacent to an activating group) is 2. The normalized spacial score (nSPS) is 19.0. The first-order valence-corrected chi connectivity index (χ1v) is 24.1. The standard InChI is InChI=1S/C54H66ClN5O8/c1-34(36(3)61)28-49(64)46-31-37-9-19-47(62)44(30-37)45-32-41(16-20-51(45)68-27-26-60-24-22-58(4)23-25-60)52(50(65)29-35(2)53(66)57-46)59(5)54(67)42(8-6-7-21-56)33-48(63)40-12-10-38(11-13-40)39-14-17-43(55)18-15-39/h9-20,30,32,34-35,42,46,52,62H,6-8,21-29,31,33,56H2,1-5H3,(H,57,66)/t34-,35-,42-,46+,52+/m1/s1. The molecule has 2 amide bonds. The number of aromatic hydroxyl groups is 1. The Bertz CT molecular complexity index is 2430. The fraction of sp³-hybridized carbons (Fsp3) is 0.444. The first-order valence-electron chi connectivity index (χ1n) is 23.7. The Kier molecular flexibility index (Phi) is 18.2.